The van der Waals surface area contributed by atoms with Gasteiger partial charge in [0, 0.05) is 34.2 Å². The highest BCUT2D eigenvalue weighted by atomic mass is 35.5. The van der Waals surface area contributed by atoms with Gasteiger partial charge in [0.15, 0.2) is 5.78 Å². The Bertz CT molecular complexity index is 1470. The second-order valence-corrected chi connectivity index (χ2v) is 13.1. The molecule has 2 aliphatic rings. The molecule has 3 aromatic carbocycles. The van der Waals surface area contributed by atoms with Gasteiger partial charge in [0.05, 0.1) is 17.4 Å². The van der Waals surface area contributed by atoms with Crippen LogP contribution in [0.1, 0.15) is 94.9 Å². The van der Waals surface area contributed by atoms with Crippen LogP contribution in [0.5, 0.6) is 0 Å². The summed E-state index contributed by atoms with van der Waals surface area (Å²) in [5.74, 6) is 0.0633. The van der Waals surface area contributed by atoms with Gasteiger partial charge in [-0.3, -0.25) is 14.5 Å². The summed E-state index contributed by atoms with van der Waals surface area (Å²) in [4.78, 5) is 30.2. The Labute approximate surface area is 253 Å². The van der Waals surface area contributed by atoms with Crippen molar-refractivity contribution < 1.29 is 9.59 Å². The summed E-state index contributed by atoms with van der Waals surface area (Å²) in [6.07, 6.45) is 4.23. The summed E-state index contributed by atoms with van der Waals surface area (Å²) in [5.41, 5.74) is 6.18. The second-order valence-electron chi connectivity index (χ2n) is 12.3. The Balaban J connectivity index is 1.68. The van der Waals surface area contributed by atoms with Crippen molar-refractivity contribution in [3.8, 4) is 0 Å². The standard InChI is InChI=1S/C35H38Cl2N2O2/c1-5-6-7-8-32(41)39-30-18-17-27(37)21-28(30)38-29-19-24(22-11-15-26(36)16-12-22)20-31(40)33(29)34(39)23-9-13-25(14-10-23)35(2,3)4/h9-18,21,24,34,38H,5-8,19-20H2,1-4H3. The van der Waals surface area contributed by atoms with Crippen molar-refractivity contribution in [2.75, 3.05) is 10.2 Å². The molecule has 4 nitrogen and oxygen atoms in total. The fraction of sp³-hybridized carbons (Fsp3) is 0.371. The molecule has 1 aliphatic heterocycles. The van der Waals surface area contributed by atoms with Gasteiger partial charge in [-0.1, -0.05) is 100 Å². The third-order valence-electron chi connectivity index (χ3n) is 8.24. The number of halogens is 2. The van der Waals surface area contributed by atoms with Crippen molar-refractivity contribution in [2.24, 2.45) is 0 Å². The van der Waals surface area contributed by atoms with Crippen LogP contribution in [0, 0.1) is 0 Å². The molecule has 5 rings (SSSR count). The first-order chi connectivity index (χ1) is 19.6. The molecule has 1 aliphatic carbocycles. The topological polar surface area (TPSA) is 49.4 Å². The first-order valence-electron chi connectivity index (χ1n) is 14.6. The quantitative estimate of drug-likeness (QED) is 0.291. The summed E-state index contributed by atoms with van der Waals surface area (Å²) < 4.78 is 0. The van der Waals surface area contributed by atoms with E-state index in [1.54, 1.807) is 0 Å². The number of hydrogen-bond acceptors (Lipinski definition) is 3. The molecule has 0 bridgehead atoms. The Morgan fingerprint density at radius 2 is 1.56 bits per heavy atom. The number of carbonyl (C=O) groups is 2. The number of unbranched alkanes of at least 4 members (excludes halogenated alkanes) is 2. The molecule has 2 unspecified atom stereocenters. The molecule has 1 heterocycles. The number of nitrogens with zero attached hydrogens (tertiary/aromatic N) is 1. The molecule has 0 saturated carbocycles. The number of anilines is 2. The van der Waals surface area contributed by atoms with E-state index in [1.165, 1.54) is 5.56 Å². The molecule has 41 heavy (non-hydrogen) atoms. The Morgan fingerprint density at radius 1 is 0.902 bits per heavy atom. The van der Waals surface area contributed by atoms with Gasteiger partial charge in [0.25, 0.3) is 0 Å². The van der Waals surface area contributed by atoms with E-state index in [4.69, 9.17) is 23.2 Å². The van der Waals surface area contributed by atoms with Crippen LogP contribution in [-0.2, 0) is 15.0 Å². The van der Waals surface area contributed by atoms with E-state index in [2.05, 4.69) is 57.3 Å². The van der Waals surface area contributed by atoms with Crippen LogP contribution in [0.3, 0.4) is 0 Å². The minimum absolute atomic E-state index is 0.00405. The van der Waals surface area contributed by atoms with Crippen LogP contribution in [0.25, 0.3) is 0 Å². The van der Waals surface area contributed by atoms with E-state index in [1.807, 2.05) is 47.4 Å². The Kier molecular flexibility index (Phi) is 8.63. The van der Waals surface area contributed by atoms with E-state index in [0.717, 1.165) is 47.5 Å². The fourth-order valence-corrected chi connectivity index (χ4v) is 6.29. The number of allylic oxidation sites excluding steroid dienone is 1. The summed E-state index contributed by atoms with van der Waals surface area (Å²) in [6, 6.07) is 21.2. The van der Waals surface area contributed by atoms with Crippen molar-refractivity contribution in [1.29, 1.82) is 0 Å². The van der Waals surface area contributed by atoms with Gasteiger partial charge in [-0.25, -0.2) is 0 Å². The average molecular weight is 590 g/mol. The van der Waals surface area contributed by atoms with E-state index >= 15 is 0 Å². The van der Waals surface area contributed by atoms with Crippen LogP contribution >= 0.6 is 23.2 Å². The molecule has 0 fully saturated rings. The molecule has 6 heteroatoms. The van der Waals surface area contributed by atoms with Gasteiger partial charge >= 0.3 is 0 Å². The number of hydrogen-bond donors (Lipinski definition) is 1. The summed E-state index contributed by atoms with van der Waals surface area (Å²) in [5, 5.41) is 4.83. The zero-order valence-electron chi connectivity index (χ0n) is 24.3. The molecule has 1 N–H and O–H groups in total. The molecule has 1 amide bonds. The van der Waals surface area contributed by atoms with Crippen LogP contribution in [-0.4, -0.2) is 11.7 Å². The lowest BCUT2D eigenvalue weighted by molar-refractivity contribution is -0.119. The maximum atomic E-state index is 14.2. The zero-order chi connectivity index (χ0) is 29.3. The third kappa shape index (κ3) is 6.24. The molecule has 0 radical (unpaired) electrons. The number of benzene rings is 3. The Hall–Kier alpha value is -3.08. The number of fused-ring (bicyclic) bond motifs is 1. The lowest BCUT2D eigenvalue weighted by Crippen LogP contribution is -2.38. The molecule has 0 saturated heterocycles. The smallest absolute Gasteiger partial charge is 0.227 e. The fourth-order valence-electron chi connectivity index (χ4n) is 5.99. The second kappa shape index (κ2) is 12.0. The SMILES string of the molecule is CCCCCC(=O)N1c2ccc(Cl)cc2NC2=C(C(=O)CC(c3ccc(Cl)cc3)C2)C1c1ccc(C(C)(C)C)cc1. The van der Waals surface area contributed by atoms with Gasteiger partial charge in [-0.2, -0.15) is 0 Å². The molecule has 3 aromatic rings. The van der Waals surface area contributed by atoms with Crippen LogP contribution in [0.15, 0.2) is 78.0 Å². The highest BCUT2D eigenvalue weighted by molar-refractivity contribution is 6.31. The van der Waals surface area contributed by atoms with Gasteiger partial charge in [0.1, 0.15) is 0 Å². The number of Topliss-reactive ketones (excluding diaryl/α,β-unsaturated/α-hetero) is 1. The van der Waals surface area contributed by atoms with E-state index in [0.29, 0.717) is 34.9 Å². The van der Waals surface area contributed by atoms with Crippen LogP contribution < -0.4 is 10.2 Å². The van der Waals surface area contributed by atoms with E-state index in [-0.39, 0.29) is 23.0 Å². The molecular formula is C35H38Cl2N2O2. The minimum Gasteiger partial charge on any atom is -0.357 e. The predicted octanol–water partition coefficient (Wildman–Crippen LogP) is 9.77. The maximum Gasteiger partial charge on any atom is 0.227 e. The van der Waals surface area contributed by atoms with E-state index < -0.39 is 6.04 Å². The summed E-state index contributed by atoms with van der Waals surface area (Å²) >= 11 is 12.6. The lowest BCUT2D eigenvalue weighted by atomic mass is 9.77. The van der Waals surface area contributed by atoms with Gasteiger partial charge in [-0.15, -0.1) is 0 Å². The number of nitrogens with one attached hydrogen (secondary N) is 1. The van der Waals surface area contributed by atoms with Crippen LogP contribution in [0.2, 0.25) is 10.0 Å². The summed E-state index contributed by atoms with van der Waals surface area (Å²) in [7, 11) is 0. The highest BCUT2D eigenvalue weighted by Gasteiger charge is 2.41. The van der Waals surface area contributed by atoms with Crippen LogP contribution in [0.4, 0.5) is 11.4 Å². The zero-order valence-corrected chi connectivity index (χ0v) is 25.8. The number of rotatable bonds is 6. The Morgan fingerprint density at radius 3 is 2.22 bits per heavy atom. The van der Waals surface area contributed by atoms with E-state index in [9.17, 15) is 9.59 Å². The van der Waals surface area contributed by atoms with Gasteiger partial charge in [-0.05, 0) is 71.2 Å². The molecule has 214 valence electrons. The average Bonchev–Trinajstić information content (AvgIpc) is 3.07. The van der Waals surface area contributed by atoms with Crippen molar-refractivity contribution in [2.45, 2.75) is 83.6 Å². The lowest BCUT2D eigenvalue weighted by Gasteiger charge is -2.35. The van der Waals surface area contributed by atoms with Gasteiger partial charge in [0.2, 0.25) is 5.91 Å². The first-order valence-corrected chi connectivity index (χ1v) is 15.3. The van der Waals surface area contributed by atoms with Crippen molar-refractivity contribution >= 4 is 46.3 Å². The van der Waals surface area contributed by atoms with Crippen molar-refractivity contribution in [1.82, 2.24) is 0 Å². The molecule has 2 atom stereocenters. The van der Waals surface area contributed by atoms with Crippen molar-refractivity contribution in [3.63, 3.8) is 0 Å². The number of ketones is 1. The third-order valence-corrected chi connectivity index (χ3v) is 8.73. The highest BCUT2D eigenvalue weighted by Crippen LogP contribution is 2.48. The monoisotopic (exact) mass is 588 g/mol. The summed E-state index contributed by atoms with van der Waals surface area (Å²) in [6.45, 7) is 8.68. The first kappa shape index (κ1) is 29.4. The normalized spacial score (nSPS) is 18.9. The van der Waals surface area contributed by atoms with Crippen molar-refractivity contribution in [3.05, 3.63) is 105 Å². The maximum absolute atomic E-state index is 14.2. The van der Waals surface area contributed by atoms with Gasteiger partial charge < -0.3 is 5.32 Å². The number of amides is 1. The minimum atomic E-state index is -0.540. The molecule has 0 aromatic heterocycles. The largest absolute Gasteiger partial charge is 0.357 e. The predicted molar refractivity (Wildman–Crippen MR) is 170 cm³/mol. The molecular weight excluding hydrogens is 551 g/mol. The number of carbonyl (C=O) groups excluding carboxylic acids is 2. The molecule has 0 spiro atoms.